The number of nitrogens with zero attached hydrogens (tertiary/aromatic N) is 3. The van der Waals surface area contributed by atoms with E-state index in [4.69, 9.17) is 33.7 Å². The van der Waals surface area contributed by atoms with E-state index in [0.29, 0.717) is 34.4 Å². The van der Waals surface area contributed by atoms with Crippen LogP contribution in [0.15, 0.2) is 36.4 Å². The van der Waals surface area contributed by atoms with E-state index in [1.165, 1.54) is 0 Å². The van der Waals surface area contributed by atoms with Crippen LogP contribution in [0.5, 0.6) is 5.75 Å². The number of halogens is 2. The Bertz CT molecular complexity index is 770. The number of nitrogen functional groups attached to an aromatic ring is 1. The van der Waals surface area contributed by atoms with E-state index >= 15 is 0 Å². The molecule has 0 atom stereocenters. The Balaban J connectivity index is 1.70. The molecule has 7 heteroatoms. The standard InChI is InChI=1S/C14H12Cl2N4O/c15-11-7-13-14(8-12(11)16)20(19-18-13)5-6-21-10-3-1-9(17)2-4-10/h1-4,7-8H,5-6,17H2. The fourth-order valence-electron chi connectivity index (χ4n) is 1.94. The zero-order valence-corrected chi connectivity index (χ0v) is 12.5. The summed E-state index contributed by atoms with van der Waals surface area (Å²) in [6.45, 7) is 1.02. The van der Waals surface area contributed by atoms with Crippen molar-refractivity contribution in [3.05, 3.63) is 46.4 Å². The molecule has 0 saturated heterocycles. The normalized spacial score (nSPS) is 11.0. The van der Waals surface area contributed by atoms with Crippen LogP contribution < -0.4 is 10.5 Å². The van der Waals surface area contributed by atoms with Crippen LogP contribution in [0.25, 0.3) is 11.0 Å². The van der Waals surface area contributed by atoms with Gasteiger partial charge in [-0.2, -0.15) is 0 Å². The molecular weight excluding hydrogens is 311 g/mol. The first-order valence-corrected chi connectivity index (χ1v) is 7.05. The second-order valence-corrected chi connectivity index (χ2v) is 5.30. The molecule has 1 heterocycles. The lowest BCUT2D eigenvalue weighted by Crippen LogP contribution is -2.09. The van der Waals surface area contributed by atoms with Gasteiger partial charge >= 0.3 is 0 Å². The lowest BCUT2D eigenvalue weighted by molar-refractivity contribution is 0.292. The molecule has 0 spiro atoms. The summed E-state index contributed by atoms with van der Waals surface area (Å²) >= 11 is 12.0. The highest BCUT2D eigenvalue weighted by Crippen LogP contribution is 2.26. The Morgan fingerprint density at radius 1 is 1.10 bits per heavy atom. The van der Waals surface area contributed by atoms with Gasteiger partial charge in [-0.1, -0.05) is 28.4 Å². The first-order valence-electron chi connectivity index (χ1n) is 6.30. The van der Waals surface area contributed by atoms with Gasteiger partial charge in [-0.15, -0.1) is 5.10 Å². The average Bonchev–Trinajstić information content (AvgIpc) is 2.84. The molecule has 0 aliphatic rings. The molecule has 2 aromatic carbocycles. The third-order valence-electron chi connectivity index (χ3n) is 3.01. The summed E-state index contributed by atoms with van der Waals surface area (Å²) in [6, 6.07) is 10.7. The molecule has 5 nitrogen and oxygen atoms in total. The summed E-state index contributed by atoms with van der Waals surface area (Å²) in [5.74, 6) is 0.759. The average molecular weight is 323 g/mol. The van der Waals surface area contributed by atoms with Crippen LogP contribution in [0.2, 0.25) is 10.0 Å². The van der Waals surface area contributed by atoms with Gasteiger partial charge < -0.3 is 10.5 Å². The summed E-state index contributed by atoms with van der Waals surface area (Å²) in [6.07, 6.45) is 0. The van der Waals surface area contributed by atoms with Gasteiger partial charge in [-0.05, 0) is 36.4 Å². The SMILES string of the molecule is Nc1ccc(OCCn2nnc3cc(Cl)c(Cl)cc32)cc1. The van der Waals surface area contributed by atoms with Crippen molar-refractivity contribution in [3.8, 4) is 5.75 Å². The Morgan fingerprint density at radius 3 is 2.57 bits per heavy atom. The lowest BCUT2D eigenvalue weighted by atomic mass is 10.3. The highest BCUT2D eigenvalue weighted by atomic mass is 35.5. The van der Waals surface area contributed by atoms with Crippen LogP contribution in [0.4, 0.5) is 5.69 Å². The predicted octanol–water partition coefficient (Wildman–Crippen LogP) is 3.40. The van der Waals surface area contributed by atoms with E-state index in [9.17, 15) is 0 Å². The first-order chi connectivity index (χ1) is 10.1. The van der Waals surface area contributed by atoms with Crippen LogP contribution in [-0.2, 0) is 6.54 Å². The van der Waals surface area contributed by atoms with Crippen molar-refractivity contribution in [1.29, 1.82) is 0 Å². The van der Waals surface area contributed by atoms with E-state index < -0.39 is 0 Å². The largest absolute Gasteiger partial charge is 0.492 e. The number of nitrogens with two attached hydrogens (primary N) is 1. The van der Waals surface area contributed by atoms with Gasteiger partial charge in [-0.3, -0.25) is 0 Å². The van der Waals surface area contributed by atoms with Crippen molar-refractivity contribution >= 4 is 39.9 Å². The van der Waals surface area contributed by atoms with Gasteiger partial charge in [0, 0.05) is 5.69 Å². The van der Waals surface area contributed by atoms with Crippen LogP contribution in [0.1, 0.15) is 0 Å². The summed E-state index contributed by atoms with van der Waals surface area (Å²) in [5.41, 5.74) is 7.85. The van der Waals surface area contributed by atoms with Crippen molar-refractivity contribution in [2.24, 2.45) is 0 Å². The van der Waals surface area contributed by atoms with Gasteiger partial charge in [0.25, 0.3) is 0 Å². The smallest absolute Gasteiger partial charge is 0.119 e. The molecular formula is C14H12Cl2N4O. The maximum Gasteiger partial charge on any atom is 0.119 e. The minimum absolute atomic E-state index is 0.461. The number of fused-ring (bicyclic) bond motifs is 1. The van der Waals surface area contributed by atoms with Gasteiger partial charge in [-0.25, -0.2) is 4.68 Å². The number of hydrogen-bond donors (Lipinski definition) is 1. The van der Waals surface area contributed by atoms with E-state index in [1.54, 1.807) is 28.9 Å². The van der Waals surface area contributed by atoms with Gasteiger partial charge in [0.15, 0.2) is 0 Å². The predicted molar refractivity (Wildman–Crippen MR) is 83.9 cm³/mol. The van der Waals surface area contributed by atoms with E-state index in [1.807, 2.05) is 12.1 Å². The van der Waals surface area contributed by atoms with Crippen LogP contribution in [0, 0.1) is 0 Å². The minimum Gasteiger partial charge on any atom is -0.492 e. The zero-order chi connectivity index (χ0) is 14.8. The molecule has 108 valence electrons. The molecule has 3 aromatic rings. The molecule has 0 radical (unpaired) electrons. The molecule has 0 unspecified atom stereocenters. The third kappa shape index (κ3) is 3.04. The zero-order valence-electron chi connectivity index (χ0n) is 11.0. The molecule has 0 amide bonds. The molecule has 2 N–H and O–H groups in total. The number of rotatable bonds is 4. The van der Waals surface area contributed by atoms with E-state index in [-0.39, 0.29) is 0 Å². The molecule has 0 aliphatic carbocycles. The number of ether oxygens (including phenoxy) is 1. The topological polar surface area (TPSA) is 66.0 Å². The summed E-state index contributed by atoms with van der Waals surface area (Å²) in [4.78, 5) is 0. The van der Waals surface area contributed by atoms with Gasteiger partial charge in [0.2, 0.25) is 0 Å². The fourth-order valence-corrected chi connectivity index (χ4v) is 2.26. The third-order valence-corrected chi connectivity index (χ3v) is 3.73. The molecule has 0 saturated carbocycles. The summed E-state index contributed by atoms with van der Waals surface area (Å²) in [5, 5.41) is 9.07. The van der Waals surface area contributed by atoms with Crippen LogP contribution in [-0.4, -0.2) is 21.6 Å². The molecule has 0 bridgehead atoms. The summed E-state index contributed by atoms with van der Waals surface area (Å²) < 4.78 is 7.36. The number of benzene rings is 2. The number of aromatic nitrogens is 3. The summed E-state index contributed by atoms with van der Waals surface area (Å²) in [7, 11) is 0. The second kappa shape index (κ2) is 5.79. The van der Waals surface area contributed by atoms with Crippen molar-refractivity contribution in [3.63, 3.8) is 0 Å². The van der Waals surface area contributed by atoms with E-state index in [2.05, 4.69) is 10.3 Å². The highest BCUT2D eigenvalue weighted by Gasteiger charge is 2.08. The molecule has 1 aromatic heterocycles. The molecule has 0 aliphatic heterocycles. The highest BCUT2D eigenvalue weighted by molar-refractivity contribution is 6.42. The van der Waals surface area contributed by atoms with Crippen LogP contribution >= 0.6 is 23.2 Å². The maximum absolute atomic E-state index is 6.02. The molecule has 3 rings (SSSR count). The second-order valence-electron chi connectivity index (χ2n) is 4.49. The Labute approximate surface area is 131 Å². The van der Waals surface area contributed by atoms with Crippen molar-refractivity contribution < 1.29 is 4.74 Å². The van der Waals surface area contributed by atoms with Crippen molar-refractivity contribution in [2.75, 3.05) is 12.3 Å². The number of hydrogen-bond acceptors (Lipinski definition) is 4. The Morgan fingerprint density at radius 2 is 1.81 bits per heavy atom. The Kier molecular flexibility index (Phi) is 3.86. The number of anilines is 1. The van der Waals surface area contributed by atoms with Gasteiger partial charge in [0.05, 0.1) is 22.1 Å². The lowest BCUT2D eigenvalue weighted by Gasteiger charge is -2.07. The van der Waals surface area contributed by atoms with Gasteiger partial charge in [0.1, 0.15) is 17.9 Å². The van der Waals surface area contributed by atoms with Crippen molar-refractivity contribution in [2.45, 2.75) is 6.54 Å². The Hall–Kier alpha value is -1.98. The maximum atomic E-state index is 6.02. The first kappa shape index (κ1) is 14.0. The fraction of sp³-hybridized carbons (Fsp3) is 0.143. The molecule has 21 heavy (non-hydrogen) atoms. The van der Waals surface area contributed by atoms with Crippen LogP contribution in [0.3, 0.4) is 0 Å². The monoisotopic (exact) mass is 322 g/mol. The quantitative estimate of drug-likeness (QED) is 0.747. The van der Waals surface area contributed by atoms with E-state index in [0.717, 1.165) is 11.3 Å². The van der Waals surface area contributed by atoms with Crippen molar-refractivity contribution in [1.82, 2.24) is 15.0 Å². The molecule has 0 fully saturated rings. The minimum atomic E-state index is 0.461.